The van der Waals surface area contributed by atoms with Crippen molar-refractivity contribution in [2.24, 2.45) is 5.92 Å². The Labute approximate surface area is 121 Å². The van der Waals surface area contributed by atoms with Crippen LogP contribution in [0.2, 0.25) is 0 Å². The fraction of sp³-hybridized carbons (Fsp3) is 0.467. The number of hydrogen-bond acceptors (Lipinski definition) is 3. The second-order valence-corrected chi connectivity index (χ2v) is 5.48. The highest BCUT2D eigenvalue weighted by Gasteiger charge is 2.46. The van der Waals surface area contributed by atoms with Crippen LogP contribution in [0.4, 0.5) is 4.39 Å². The van der Waals surface area contributed by atoms with Gasteiger partial charge in [-0.15, -0.1) is 0 Å². The van der Waals surface area contributed by atoms with E-state index in [9.17, 15) is 14.0 Å². The Kier molecular flexibility index (Phi) is 3.63. The van der Waals surface area contributed by atoms with Crippen LogP contribution in [0.1, 0.15) is 17.9 Å². The van der Waals surface area contributed by atoms with E-state index in [1.807, 2.05) is 0 Å². The Bertz CT molecular complexity index is 559. The minimum atomic E-state index is -1.04. The standard InChI is InChI=1S/C15H16FNO4/c16-10-3-1-9(2-4-10)11-7-12(11)14(18)17-5-6-21-13(8-17)15(19)20/h1-4,11-13H,5-8H2,(H,19,20)/t11-,12+,13+/m1/s1. The highest BCUT2D eigenvalue weighted by Crippen LogP contribution is 2.48. The summed E-state index contributed by atoms with van der Waals surface area (Å²) in [6, 6.07) is 6.19. The summed E-state index contributed by atoms with van der Waals surface area (Å²) in [7, 11) is 0. The van der Waals surface area contributed by atoms with Crippen LogP contribution < -0.4 is 0 Å². The lowest BCUT2D eigenvalue weighted by Gasteiger charge is -2.31. The third kappa shape index (κ3) is 2.90. The molecule has 2 aliphatic rings. The van der Waals surface area contributed by atoms with Crippen molar-refractivity contribution in [1.29, 1.82) is 0 Å². The summed E-state index contributed by atoms with van der Waals surface area (Å²) >= 11 is 0. The molecular weight excluding hydrogens is 277 g/mol. The van der Waals surface area contributed by atoms with Gasteiger partial charge >= 0.3 is 5.97 Å². The van der Waals surface area contributed by atoms with Gasteiger partial charge in [-0.05, 0) is 30.0 Å². The normalized spacial score (nSPS) is 28.2. The van der Waals surface area contributed by atoms with Gasteiger partial charge in [-0.2, -0.15) is 0 Å². The first-order valence-electron chi connectivity index (χ1n) is 6.95. The molecule has 21 heavy (non-hydrogen) atoms. The Morgan fingerprint density at radius 2 is 2.00 bits per heavy atom. The van der Waals surface area contributed by atoms with Crippen molar-refractivity contribution >= 4 is 11.9 Å². The number of rotatable bonds is 3. The number of carboxylic acid groups (broad SMARTS) is 1. The number of carbonyl (C=O) groups excluding carboxylic acids is 1. The van der Waals surface area contributed by atoms with Crippen LogP contribution in [0.5, 0.6) is 0 Å². The largest absolute Gasteiger partial charge is 0.479 e. The van der Waals surface area contributed by atoms with Gasteiger partial charge in [0.05, 0.1) is 13.2 Å². The van der Waals surface area contributed by atoms with E-state index in [1.165, 1.54) is 12.1 Å². The summed E-state index contributed by atoms with van der Waals surface area (Å²) in [6.45, 7) is 0.771. The molecular formula is C15H16FNO4. The van der Waals surface area contributed by atoms with Crippen LogP contribution in [-0.4, -0.2) is 47.7 Å². The molecule has 3 rings (SSSR count). The molecule has 0 aromatic heterocycles. The van der Waals surface area contributed by atoms with E-state index in [0.29, 0.717) is 6.54 Å². The van der Waals surface area contributed by atoms with Gasteiger partial charge < -0.3 is 14.7 Å². The molecule has 1 aromatic rings. The molecule has 1 heterocycles. The van der Waals surface area contributed by atoms with Crippen molar-refractivity contribution < 1.29 is 23.8 Å². The minimum Gasteiger partial charge on any atom is -0.479 e. The number of carboxylic acids is 1. The van der Waals surface area contributed by atoms with Gasteiger partial charge in [0.1, 0.15) is 5.82 Å². The van der Waals surface area contributed by atoms with E-state index in [0.717, 1.165) is 12.0 Å². The fourth-order valence-electron chi connectivity index (χ4n) is 2.78. The molecule has 5 nitrogen and oxygen atoms in total. The van der Waals surface area contributed by atoms with E-state index in [4.69, 9.17) is 9.84 Å². The van der Waals surface area contributed by atoms with Crippen molar-refractivity contribution in [3.05, 3.63) is 35.6 Å². The lowest BCUT2D eigenvalue weighted by molar-refractivity contribution is -0.159. The second kappa shape index (κ2) is 5.44. The summed E-state index contributed by atoms with van der Waals surface area (Å²) in [5, 5.41) is 8.95. The minimum absolute atomic E-state index is 0.0288. The zero-order chi connectivity index (χ0) is 15.0. The van der Waals surface area contributed by atoms with Crippen LogP contribution >= 0.6 is 0 Å². The lowest BCUT2D eigenvalue weighted by Crippen LogP contribution is -2.49. The number of amides is 1. The van der Waals surface area contributed by atoms with Crippen molar-refractivity contribution in [1.82, 2.24) is 4.90 Å². The van der Waals surface area contributed by atoms with Gasteiger partial charge in [0.2, 0.25) is 5.91 Å². The van der Waals surface area contributed by atoms with Crippen molar-refractivity contribution in [2.75, 3.05) is 19.7 Å². The Balaban J connectivity index is 1.62. The number of benzene rings is 1. The first-order valence-corrected chi connectivity index (χ1v) is 6.95. The maximum atomic E-state index is 12.9. The first kappa shape index (κ1) is 14.0. The van der Waals surface area contributed by atoms with Crippen LogP contribution in [-0.2, 0) is 14.3 Å². The van der Waals surface area contributed by atoms with Crippen molar-refractivity contribution in [3.63, 3.8) is 0 Å². The molecule has 0 bridgehead atoms. The average Bonchev–Trinajstić information content (AvgIpc) is 3.28. The van der Waals surface area contributed by atoms with Gasteiger partial charge in [0, 0.05) is 12.5 Å². The summed E-state index contributed by atoms with van der Waals surface area (Å²) in [4.78, 5) is 24.9. The molecule has 0 radical (unpaired) electrons. The molecule has 3 atom stereocenters. The third-order valence-electron chi connectivity index (χ3n) is 4.06. The number of morpholine rings is 1. The Hall–Kier alpha value is -1.95. The Morgan fingerprint density at radius 3 is 2.67 bits per heavy atom. The third-order valence-corrected chi connectivity index (χ3v) is 4.06. The van der Waals surface area contributed by atoms with Gasteiger partial charge in [-0.3, -0.25) is 4.79 Å². The summed E-state index contributed by atoms with van der Waals surface area (Å²) < 4.78 is 18.0. The maximum Gasteiger partial charge on any atom is 0.334 e. The molecule has 0 spiro atoms. The molecule has 2 fully saturated rings. The van der Waals surface area contributed by atoms with Crippen LogP contribution in [0, 0.1) is 11.7 Å². The highest BCUT2D eigenvalue weighted by molar-refractivity contribution is 5.84. The fourth-order valence-corrected chi connectivity index (χ4v) is 2.78. The number of halogens is 1. The van der Waals surface area contributed by atoms with Crippen molar-refractivity contribution in [3.8, 4) is 0 Å². The molecule has 1 aliphatic carbocycles. The number of carbonyl (C=O) groups is 2. The van der Waals surface area contributed by atoms with E-state index >= 15 is 0 Å². The maximum absolute atomic E-state index is 12.9. The smallest absolute Gasteiger partial charge is 0.334 e. The molecule has 1 aromatic carbocycles. The van der Waals surface area contributed by atoms with Crippen molar-refractivity contribution in [2.45, 2.75) is 18.4 Å². The second-order valence-electron chi connectivity index (χ2n) is 5.48. The van der Waals surface area contributed by atoms with Crippen LogP contribution in [0.3, 0.4) is 0 Å². The van der Waals surface area contributed by atoms with E-state index < -0.39 is 12.1 Å². The predicted molar refractivity (Wildman–Crippen MR) is 71.2 cm³/mol. The van der Waals surface area contributed by atoms with Gasteiger partial charge in [0.25, 0.3) is 0 Å². The first-order chi connectivity index (χ1) is 10.1. The topological polar surface area (TPSA) is 66.8 Å². The van der Waals surface area contributed by atoms with E-state index in [1.54, 1.807) is 17.0 Å². The number of aliphatic carboxylic acids is 1. The van der Waals surface area contributed by atoms with Crippen LogP contribution in [0.25, 0.3) is 0 Å². The monoisotopic (exact) mass is 293 g/mol. The zero-order valence-corrected chi connectivity index (χ0v) is 11.4. The molecule has 1 saturated carbocycles. The highest BCUT2D eigenvalue weighted by atomic mass is 19.1. The molecule has 1 amide bonds. The molecule has 1 N–H and O–H groups in total. The number of ether oxygens (including phenoxy) is 1. The molecule has 1 saturated heterocycles. The lowest BCUT2D eigenvalue weighted by atomic mass is 10.1. The zero-order valence-electron chi connectivity index (χ0n) is 11.4. The van der Waals surface area contributed by atoms with E-state index in [2.05, 4.69) is 0 Å². The predicted octanol–water partition coefficient (Wildman–Crippen LogP) is 1.24. The molecule has 0 unspecified atom stereocenters. The quantitative estimate of drug-likeness (QED) is 0.910. The molecule has 6 heteroatoms. The average molecular weight is 293 g/mol. The van der Waals surface area contributed by atoms with E-state index in [-0.39, 0.29) is 36.7 Å². The summed E-state index contributed by atoms with van der Waals surface area (Å²) in [5.41, 5.74) is 0.956. The molecule has 112 valence electrons. The molecule has 1 aliphatic heterocycles. The number of nitrogens with zero attached hydrogens (tertiary/aromatic N) is 1. The summed E-state index contributed by atoms with van der Waals surface area (Å²) in [6.07, 6.45) is -0.203. The van der Waals surface area contributed by atoms with Gasteiger partial charge in [-0.1, -0.05) is 12.1 Å². The Morgan fingerprint density at radius 1 is 1.29 bits per heavy atom. The summed E-state index contributed by atoms with van der Waals surface area (Å²) in [5.74, 6) is -1.37. The van der Waals surface area contributed by atoms with Gasteiger partial charge in [-0.25, -0.2) is 9.18 Å². The number of hydrogen-bond donors (Lipinski definition) is 1. The van der Waals surface area contributed by atoms with Crippen LogP contribution in [0.15, 0.2) is 24.3 Å². The SMILES string of the molecule is O=C(O)[C@@H]1CN(C(=O)[C@H]2C[C@@H]2c2ccc(F)cc2)CCO1. The van der Waals surface area contributed by atoms with Gasteiger partial charge in [0.15, 0.2) is 6.10 Å².